The number of alkyl halides is 1. The van der Waals surface area contributed by atoms with Crippen LogP contribution in [-0.2, 0) is 14.3 Å². The fraction of sp³-hybridized carbons (Fsp3) is 0.944. The molecule has 138 valence electrons. The van der Waals surface area contributed by atoms with Gasteiger partial charge in [-0.05, 0) is 58.3 Å². The van der Waals surface area contributed by atoms with Gasteiger partial charge >= 0.3 is 5.97 Å². The van der Waals surface area contributed by atoms with E-state index in [-0.39, 0.29) is 24.3 Å². The summed E-state index contributed by atoms with van der Waals surface area (Å²) < 4.78 is 25.8. The van der Waals surface area contributed by atoms with Crippen molar-refractivity contribution < 1.29 is 18.7 Å². The molecule has 2 aliphatic heterocycles. The summed E-state index contributed by atoms with van der Waals surface area (Å²) >= 11 is 0. The van der Waals surface area contributed by atoms with Crippen LogP contribution in [0.1, 0.15) is 58.3 Å². The second-order valence-electron chi connectivity index (χ2n) is 7.25. The van der Waals surface area contributed by atoms with Gasteiger partial charge in [0.1, 0.15) is 0 Å². The minimum Gasteiger partial charge on any atom is -0.466 e. The predicted octanol–water partition coefficient (Wildman–Crippen LogP) is 2.90. The molecule has 1 saturated carbocycles. The Morgan fingerprint density at radius 3 is 2.38 bits per heavy atom. The lowest BCUT2D eigenvalue weighted by molar-refractivity contribution is -0.199. The van der Waals surface area contributed by atoms with Crippen LogP contribution in [-0.4, -0.2) is 60.8 Å². The first-order chi connectivity index (χ1) is 11.7. The van der Waals surface area contributed by atoms with Crippen LogP contribution >= 0.6 is 0 Å². The van der Waals surface area contributed by atoms with Gasteiger partial charge in [-0.15, -0.1) is 0 Å². The van der Waals surface area contributed by atoms with Gasteiger partial charge in [-0.2, -0.15) is 0 Å². The number of rotatable bonds is 6. The van der Waals surface area contributed by atoms with E-state index in [0.29, 0.717) is 13.0 Å². The van der Waals surface area contributed by atoms with Crippen LogP contribution in [0.3, 0.4) is 0 Å². The van der Waals surface area contributed by atoms with Crippen molar-refractivity contribution >= 4 is 5.97 Å². The molecule has 0 N–H and O–H groups in total. The van der Waals surface area contributed by atoms with Crippen LogP contribution < -0.4 is 0 Å². The number of esters is 1. The fourth-order valence-corrected chi connectivity index (χ4v) is 4.20. The molecule has 2 saturated heterocycles. The van der Waals surface area contributed by atoms with Gasteiger partial charge in [-0.3, -0.25) is 9.69 Å². The predicted molar refractivity (Wildman–Crippen MR) is 88.9 cm³/mol. The molecule has 24 heavy (non-hydrogen) atoms. The molecule has 3 fully saturated rings. The summed E-state index contributed by atoms with van der Waals surface area (Å²) in [7, 11) is 0. The third kappa shape index (κ3) is 4.27. The Balaban J connectivity index is 1.54. The van der Waals surface area contributed by atoms with Crippen molar-refractivity contribution in [2.24, 2.45) is 5.92 Å². The molecular formula is C18H31FN2O3. The highest BCUT2D eigenvalue weighted by atomic mass is 19.1. The smallest absolute Gasteiger partial charge is 0.308 e. The summed E-state index contributed by atoms with van der Waals surface area (Å²) in [6, 6.07) is 0. The first-order valence-corrected chi connectivity index (χ1v) is 9.65. The highest BCUT2D eigenvalue weighted by Crippen LogP contribution is 2.32. The van der Waals surface area contributed by atoms with Crippen molar-refractivity contribution in [3.63, 3.8) is 0 Å². The highest BCUT2D eigenvalue weighted by Gasteiger charge is 2.38. The minimum atomic E-state index is -0.883. The maximum absolute atomic E-state index is 14.3. The van der Waals surface area contributed by atoms with E-state index in [4.69, 9.17) is 9.47 Å². The number of nitrogens with zero attached hydrogens (tertiary/aromatic N) is 2. The summed E-state index contributed by atoms with van der Waals surface area (Å²) in [6.07, 6.45) is 6.21. The van der Waals surface area contributed by atoms with E-state index in [1.807, 2.05) is 11.8 Å². The molecule has 1 aliphatic carbocycles. The molecule has 2 unspecified atom stereocenters. The normalized spacial score (nSPS) is 33.7. The van der Waals surface area contributed by atoms with Gasteiger partial charge in [0, 0.05) is 19.6 Å². The number of carbonyl (C=O) groups is 1. The van der Waals surface area contributed by atoms with Crippen LogP contribution in [0.2, 0.25) is 0 Å². The Kier molecular flexibility index (Phi) is 6.47. The minimum absolute atomic E-state index is 0.00995. The van der Waals surface area contributed by atoms with Crippen molar-refractivity contribution in [3.05, 3.63) is 0 Å². The van der Waals surface area contributed by atoms with E-state index in [0.717, 1.165) is 51.7 Å². The van der Waals surface area contributed by atoms with Crippen LogP contribution in [0.15, 0.2) is 0 Å². The molecule has 0 spiro atoms. The lowest BCUT2D eigenvalue weighted by atomic mass is 9.87. The summed E-state index contributed by atoms with van der Waals surface area (Å²) in [5.74, 6) is -0.0637. The van der Waals surface area contributed by atoms with Gasteiger partial charge in [0.05, 0.1) is 18.6 Å². The van der Waals surface area contributed by atoms with E-state index >= 15 is 0 Å². The third-order valence-corrected chi connectivity index (χ3v) is 5.56. The Hall–Kier alpha value is -0.720. The number of ether oxygens (including phenoxy) is 2. The first kappa shape index (κ1) is 18.1. The van der Waals surface area contributed by atoms with Crippen molar-refractivity contribution in [2.45, 2.75) is 77.0 Å². The summed E-state index contributed by atoms with van der Waals surface area (Å²) in [6.45, 7) is 5.05. The summed E-state index contributed by atoms with van der Waals surface area (Å²) in [4.78, 5) is 16.0. The maximum atomic E-state index is 14.3. The number of hydrogen-bond acceptors (Lipinski definition) is 5. The second-order valence-corrected chi connectivity index (χ2v) is 7.25. The standard InChI is InChI=1S/C18H31FN2O3/c1-2-23-17(22)14-7-9-15(10-8-14)24-18(20-11-3-4-12-20)21-13-5-6-16(21)19/h14-16,18H,2-13H2,1H3. The lowest BCUT2D eigenvalue weighted by Gasteiger charge is -2.39. The molecule has 0 aromatic carbocycles. The van der Waals surface area contributed by atoms with Crippen LogP contribution in [0.5, 0.6) is 0 Å². The first-order valence-electron chi connectivity index (χ1n) is 9.65. The van der Waals surface area contributed by atoms with Crippen LogP contribution in [0, 0.1) is 5.92 Å². The molecule has 2 heterocycles. The zero-order valence-electron chi connectivity index (χ0n) is 14.8. The van der Waals surface area contributed by atoms with Crippen molar-refractivity contribution in [1.29, 1.82) is 0 Å². The zero-order valence-corrected chi connectivity index (χ0v) is 14.8. The second kappa shape index (κ2) is 8.59. The molecule has 0 radical (unpaired) electrons. The Bertz CT molecular complexity index is 409. The quantitative estimate of drug-likeness (QED) is 0.548. The van der Waals surface area contributed by atoms with Gasteiger partial charge in [0.2, 0.25) is 0 Å². The van der Waals surface area contributed by atoms with Crippen molar-refractivity contribution in [1.82, 2.24) is 9.80 Å². The third-order valence-electron chi connectivity index (χ3n) is 5.56. The Morgan fingerprint density at radius 2 is 1.79 bits per heavy atom. The van der Waals surface area contributed by atoms with Gasteiger partial charge < -0.3 is 9.47 Å². The molecule has 0 amide bonds. The SMILES string of the molecule is CCOC(=O)C1CCC(OC(N2CCCC2)N2CCCC2F)CC1. The molecular weight excluding hydrogens is 311 g/mol. The van der Waals surface area contributed by atoms with E-state index < -0.39 is 6.30 Å². The average Bonchev–Trinajstić information content (AvgIpc) is 3.25. The monoisotopic (exact) mass is 342 g/mol. The number of halogens is 1. The number of carbonyl (C=O) groups excluding carboxylic acids is 1. The van der Waals surface area contributed by atoms with E-state index in [2.05, 4.69) is 4.90 Å². The molecule has 3 rings (SSSR count). The topological polar surface area (TPSA) is 42.0 Å². The largest absolute Gasteiger partial charge is 0.466 e. The molecule has 0 aromatic rings. The van der Waals surface area contributed by atoms with E-state index in [1.54, 1.807) is 0 Å². The Morgan fingerprint density at radius 1 is 1.08 bits per heavy atom. The van der Waals surface area contributed by atoms with Gasteiger partial charge in [-0.25, -0.2) is 9.29 Å². The lowest BCUT2D eigenvalue weighted by Crippen LogP contribution is -2.51. The maximum Gasteiger partial charge on any atom is 0.308 e. The van der Waals surface area contributed by atoms with Gasteiger partial charge in [0.25, 0.3) is 0 Å². The highest BCUT2D eigenvalue weighted by molar-refractivity contribution is 5.72. The summed E-state index contributed by atoms with van der Waals surface area (Å²) in [5, 5.41) is 0. The summed E-state index contributed by atoms with van der Waals surface area (Å²) in [5.41, 5.74) is 0. The van der Waals surface area contributed by atoms with Crippen LogP contribution in [0.4, 0.5) is 4.39 Å². The molecule has 5 nitrogen and oxygen atoms in total. The fourth-order valence-electron chi connectivity index (χ4n) is 4.20. The van der Waals surface area contributed by atoms with Crippen molar-refractivity contribution in [2.75, 3.05) is 26.2 Å². The molecule has 2 atom stereocenters. The molecule has 3 aliphatic rings. The van der Waals surface area contributed by atoms with E-state index in [1.165, 1.54) is 12.8 Å². The average molecular weight is 342 g/mol. The Labute approximate surface area is 144 Å². The molecule has 6 heteroatoms. The van der Waals surface area contributed by atoms with Gasteiger partial charge in [-0.1, -0.05) is 0 Å². The van der Waals surface area contributed by atoms with E-state index in [9.17, 15) is 9.18 Å². The van der Waals surface area contributed by atoms with Crippen LogP contribution in [0.25, 0.3) is 0 Å². The zero-order chi connectivity index (χ0) is 16.9. The van der Waals surface area contributed by atoms with Gasteiger partial charge in [0.15, 0.2) is 12.6 Å². The molecule has 0 aromatic heterocycles. The number of hydrogen-bond donors (Lipinski definition) is 0. The number of likely N-dealkylation sites (tertiary alicyclic amines) is 2. The van der Waals surface area contributed by atoms with Crippen molar-refractivity contribution in [3.8, 4) is 0 Å². The molecule has 0 bridgehead atoms.